The van der Waals surface area contributed by atoms with Crippen molar-refractivity contribution < 1.29 is 4.39 Å². The van der Waals surface area contributed by atoms with Crippen molar-refractivity contribution in [3.05, 3.63) is 34.1 Å². The van der Waals surface area contributed by atoms with Gasteiger partial charge < -0.3 is 5.73 Å². The maximum atomic E-state index is 12.7. The van der Waals surface area contributed by atoms with E-state index in [0.717, 1.165) is 5.56 Å². The van der Waals surface area contributed by atoms with Gasteiger partial charge in [0.15, 0.2) is 0 Å². The molecule has 0 aliphatic carbocycles. The highest BCUT2D eigenvalue weighted by atomic mass is 79.9. The molecule has 11 heavy (non-hydrogen) atoms. The molecule has 0 aliphatic rings. The average Bonchev–Trinajstić information content (AvgIpc) is 1.94. The first kappa shape index (κ1) is 8.68. The zero-order chi connectivity index (χ0) is 8.43. The first-order valence-corrected chi connectivity index (χ1v) is 4.11. The van der Waals surface area contributed by atoms with Crippen LogP contribution in [-0.2, 0) is 0 Å². The lowest BCUT2D eigenvalue weighted by molar-refractivity contribution is 0.619. The Morgan fingerprint density at radius 3 is 2.64 bits per heavy atom. The standard InChI is InChI=1S/C8H9BrFN/c1-5(11)6-2-3-8(10)7(9)4-6/h2-5H,11H2,1H3/t5-/m0/s1. The lowest BCUT2D eigenvalue weighted by atomic mass is 10.1. The molecule has 1 atom stereocenters. The van der Waals surface area contributed by atoms with E-state index >= 15 is 0 Å². The van der Waals surface area contributed by atoms with Gasteiger partial charge in [-0.25, -0.2) is 4.39 Å². The smallest absolute Gasteiger partial charge is 0.137 e. The second-order valence-electron chi connectivity index (χ2n) is 2.46. The first-order valence-electron chi connectivity index (χ1n) is 3.32. The molecule has 0 bridgehead atoms. The third-order valence-electron chi connectivity index (χ3n) is 1.47. The fourth-order valence-corrected chi connectivity index (χ4v) is 1.19. The molecule has 0 saturated heterocycles. The van der Waals surface area contributed by atoms with Crippen LogP contribution in [0, 0.1) is 5.82 Å². The summed E-state index contributed by atoms with van der Waals surface area (Å²) in [4.78, 5) is 0. The summed E-state index contributed by atoms with van der Waals surface area (Å²) in [6.45, 7) is 1.86. The second-order valence-corrected chi connectivity index (χ2v) is 3.32. The van der Waals surface area contributed by atoms with E-state index in [1.165, 1.54) is 6.07 Å². The Labute approximate surface area is 73.5 Å². The number of nitrogens with two attached hydrogens (primary N) is 1. The number of halogens is 2. The van der Waals surface area contributed by atoms with Gasteiger partial charge in [-0.1, -0.05) is 6.07 Å². The monoisotopic (exact) mass is 217 g/mol. The number of hydrogen-bond donors (Lipinski definition) is 1. The molecular weight excluding hydrogens is 209 g/mol. The molecule has 1 aromatic carbocycles. The summed E-state index contributed by atoms with van der Waals surface area (Å²) >= 11 is 3.08. The van der Waals surface area contributed by atoms with Gasteiger partial charge in [0.1, 0.15) is 5.82 Å². The van der Waals surface area contributed by atoms with Crippen molar-refractivity contribution >= 4 is 15.9 Å². The predicted molar refractivity (Wildman–Crippen MR) is 46.7 cm³/mol. The molecule has 1 nitrogen and oxygen atoms in total. The predicted octanol–water partition coefficient (Wildman–Crippen LogP) is 2.61. The SMILES string of the molecule is C[C@H](N)c1ccc(F)c(Br)c1. The van der Waals surface area contributed by atoms with E-state index < -0.39 is 0 Å². The minimum Gasteiger partial charge on any atom is -0.324 e. The Morgan fingerprint density at radius 1 is 1.55 bits per heavy atom. The topological polar surface area (TPSA) is 26.0 Å². The van der Waals surface area contributed by atoms with Gasteiger partial charge >= 0.3 is 0 Å². The summed E-state index contributed by atoms with van der Waals surface area (Å²) in [7, 11) is 0. The van der Waals surface area contributed by atoms with Crippen molar-refractivity contribution in [2.24, 2.45) is 5.73 Å². The lowest BCUT2D eigenvalue weighted by Gasteiger charge is -2.05. The fraction of sp³-hybridized carbons (Fsp3) is 0.250. The molecule has 2 N–H and O–H groups in total. The third kappa shape index (κ3) is 2.01. The Hall–Kier alpha value is -0.410. The summed E-state index contributed by atoms with van der Waals surface area (Å²) in [6, 6.07) is 4.74. The highest BCUT2D eigenvalue weighted by Gasteiger charge is 2.02. The molecule has 0 aliphatic heterocycles. The summed E-state index contributed by atoms with van der Waals surface area (Å²) in [5.74, 6) is -0.255. The summed E-state index contributed by atoms with van der Waals surface area (Å²) in [5, 5.41) is 0. The summed E-state index contributed by atoms with van der Waals surface area (Å²) < 4.78 is 13.1. The van der Waals surface area contributed by atoms with E-state index in [4.69, 9.17) is 5.73 Å². The summed E-state index contributed by atoms with van der Waals surface area (Å²) in [5.41, 5.74) is 6.52. The molecule has 0 saturated carbocycles. The van der Waals surface area contributed by atoms with E-state index in [1.807, 2.05) is 6.92 Å². The largest absolute Gasteiger partial charge is 0.324 e. The van der Waals surface area contributed by atoms with E-state index in [9.17, 15) is 4.39 Å². The molecule has 1 aromatic rings. The van der Waals surface area contributed by atoms with Crippen LogP contribution < -0.4 is 5.73 Å². The lowest BCUT2D eigenvalue weighted by Crippen LogP contribution is -2.04. The Kier molecular flexibility index (Phi) is 2.62. The summed E-state index contributed by atoms with van der Waals surface area (Å²) in [6.07, 6.45) is 0. The molecule has 0 amide bonds. The fourth-order valence-electron chi connectivity index (χ4n) is 0.796. The Morgan fingerprint density at radius 2 is 2.18 bits per heavy atom. The zero-order valence-electron chi connectivity index (χ0n) is 6.14. The van der Waals surface area contributed by atoms with Gasteiger partial charge in [-0.05, 0) is 40.5 Å². The third-order valence-corrected chi connectivity index (χ3v) is 2.08. The van der Waals surface area contributed by atoms with E-state index in [0.29, 0.717) is 4.47 Å². The number of benzene rings is 1. The maximum absolute atomic E-state index is 12.7. The van der Waals surface area contributed by atoms with Gasteiger partial charge in [-0.2, -0.15) is 0 Å². The molecule has 0 aromatic heterocycles. The molecule has 0 spiro atoms. The normalized spacial score (nSPS) is 13.1. The quantitative estimate of drug-likeness (QED) is 0.770. The molecule has 0 radical (unpaired) electrons. The molecule has 3 heteroatoms. The van der Waals surface area contributed by atoms with Crippen LogP contribution in [0.15, 0.2) is 22.7 Å². The molecule has 0 unspecified atom stereocenters. The number of hydrogen-bond acceptors (Lipinski definition) is 1. The van der Waals surface area contributed by atoms with Crippen LogP contribution in [0.4, 0.5) is 4.39 Å². The van der Waals surface area contributed by atoms with Crippen molar-refractivity contribution in [2.45, 2.75) is 13.0 Å². The number of rotatable bonds is 1. The van der Waals surface area contributed by atoms with Gasteiger partial charge in [0.2, 0.25) is 0 Å². The molecule has 0 fully saturated rings. The van der Waals surface area contributed by atoms with Crippen molar-refractivity contribution in [2.75, 3.05) is 0 Å². The van der Waals surface area contributed by atoms with Crippen molar-refractivity contribution in [1.82, 2.24) is 0 Å². The van der Waals surface area contributed by atoms with Crippen molar-refractivity contribution in [3.63, 3.8) is 0 Å². The van der Waals surface area contributed by atoms with Crippen LogP contribution in [0.5, 0.6) is 0 Å². The van der Waals surface area contributed by atoms with Crippen LogP contribution in [0.2, 0.25) is 0 Å². The maximum Gasteiger partial charge on any atom is 0.137 e. The second kappa shape index (κ2) is 3.32. The minimum atomic E-state index is -0.255. The van der Waals surface area contributed by atoms with E-state index in [1.54, 1.807) is 12.1 Å². The van der Waals surface area contributed by atoms with Crippen molar-refractivity contribution in [3.8, 4) is 0 Å². The van der Waals surface area contributed by atoms with Crippen LogP contribution >= 0.6 is 15.9 Å². The van der Waals surface area contributed by atoms with Gasteiger partial charge in [-0.3, -0.25) is 0 Å². The highest BCUT2D eigenvalue weighted by molar-refractivity contribution is 9.10. The molecule has 1 rings (SSSR count). The van der Waals surface area contributed by atoms with Crippen molar-refractivity contribution in [1.29, 1.82) is 0 Å². The first-order chi connectivity index (χ1) is 5.11. The van der Waals surface area contributed by atoms with Crippen LogP contribution in [0.25, 0.3) is 0 Å². The average molecular weight is 218 g/mol. The van der Waals surface area contributed by atoms with Gasteiger partial charge in [0, 0.05) is 6.04 Å². The molecular formula is C8H9BrFN. The molecule has 0 heterocycles. The van der Waals surface area contributed by atoms with Gasteiger partial charge in [0.25, 0.3) is 0 Å². The van der Waals surface area contributed by atoms with Crippen LogP contribution in [-0.4, -0.2) is 0 Å². The van der Waals surface area contributed by atoms with Gasteiger partial charge in [-0.15, -0.1) is 0 Å². The van der Waals surface area contributed by atoms with Gasteiger partial charge in [0.05, 0.1) is 4.47 Å². The van der Waals surface area contributed by atoms with E-state index in [-0.39, 0.29) is 11.9 Å². The molecule has 60 valence electrons. The van der Waals surface area contributed by atoms with Crippen LogP contribution in [0.3, 0.4) is 0 Å². The zero-order valence-corrected chi connectivity index (χ0v) is 7.73. The Bertz CT molecular complexity index is 260. The minimum absolute atomic E-state index is 0.0492. The highest BCUT2D eigenvalue weighted by Crippen LogP contribution is 2.19. The van der Waals surface area contributed by atoms with E-state index in [2.05, 4.69) is 15.9 Å². The van der Waals surface area contributed by atoms with Crippen LogP contribution in [0.1, 0.15) is 18.5 Å². The Balaban J connectivity index is 3.05.